The maximum absolute atomic E-state index is 12.7. The highest BCUT2D eigenvalue weighted by Crippen LogP contribution is 2.24. The Kier molecular flexibility index (Phi) is 5.56. The van der Waals surface area contributed by atoms with Crippen LogP contribution in [0.15, 0.2) is 41.6 Å². The summed E-state index contributed by atoms with van der Waals surface area (Å²) in [6.07, 6.45) is 5.95. The number of sulfonamides is 1. The second-order valence-corrected chi connectivity index (χ2v) is 7.32. The number of hydrogen-bond donors (Lipinski definition) is 0. The molecule has 0 N–H and O–H groups in total. The average molecular weight is 327 g/mol. The maximum atomic E-state index is 12.7. The molecule has 0 saturated heterocycles. The molecule has 0 atom stereocenters. The lowest BCUT2D eigenvalue weighted by Gasteiger charge is -2.18. The third-order valence-electron chi connectivity index (χ3n) is 3.44. The summed E-state index contributed by atoms with van der Waals surface area (Å²) in [5, 5.41) is 1.54. The maximum Gasteiger partial charge on any atom is 0.243 e. The molecule has 6 heteroatoms. The van der Waals surface area contributed by atoms with E-state index >= 15 is 0 Å². The number of nitrogens with zero attached hydrogens (tertiary/aromatic N) is 2. The van der Waals surface area contributed by atoms with Gasteiger partial charge in [0.05, 0.1) is 4.90 Å². The van der Waals surface area contributed by atoms with Crippen LogP contribution in [-0.2, 0) is 10.0 Å². The fraction of sp³-hybridized carbons (Fsp3) is 0.400. The predicted molar refractivity (Wildman–Crippen MR) is 86.1 cm³/mol. The third-order valence-corrected chi connectivity index (χ3v) is 5.62. The normalized spacial score (nSPS) is 12.1. The molecule has 4 nitrogen and oxygen atoms in total. The van der Waals surface area contributed by atoms with Gasteiger partial charge in [-0.2, -0.15) is 0 Å². The number of halogens is 1. The molecule has 21 heavy (non-hydrogen) atoms. The summed E-state index contributed by atoms with van der Waals surface area (Å²) in [5.74, 6) is 0.618. The summed E-state index contributed by atoms with van der Waals surface area (Å²) in [7, 11) is -1.86. The SMILES string of the molecule is CN(CCCCCCl)S(=O)(=O)c1cccc2cnccc12. The van der Waals surface area contributed by atoms with Gasteiger partial charge in [0, 0.05) is 42.6 Å². The van der Waals surface area contributed by atoms with Gasteiger partial charge in [-0.05, 0) is 25.0 Å². The molecule has 0 amide bonds. The van der Waals surface area contributed by atoms with Gasteiger partial charge in [0.25, 0.3) is 0 Å². The summed E-state index contributed by atoms with van der Waals surface area (Å²) in [4.78, 5) is 4.37. The zero-order chi connectivity index (χ0) is 15.3. The van der Waals surface area contributed by atoms with Crippen LogP contribution in [0.4, 0.5) is 0 Å². The number of unbranched alkanes of at least 4 members (excludes halogenated alkanes) is 2. The van der Waals surface area contributed by atoms with E-state index in [1.807, 2.05) is 6.07 Å². The van der Waals surface area contributed by atoms with Crippen molar-refractivity contribution in [2.24, 2.45) is 0 Å². The van der Waals surface area contributed by atoms with E-state index in [-0.39, 0.29) is 0 Å². The molecule has 2 aromatic rings. The van der Waals surface area contributed by atoms with Crippen molar-refractivity contribution in [3.8, 4) is 0 Å². The number of pyridine rings is 1. The predicted octanol–water partition coefficient (Wildman–Crippen LogP) is 3.26. The van der Waals surface area contributed by atoms with E-state index in [9.17, 15) is 8.42 Å². The van der Waals surface area contributed by atoms with Crippen molar-refractivity contribution in [2.75, 3.05) is 19.5 Å². The molecule has 1 aromatic carbocycles. The lowest BCUT2D eigenvalue weighted by molar-refractivity contribution is 0.455. The fourth-order valence-electron chi connectivity index (χ4n) is 2.21. The van der Waals surface area contributed by atoms with Crippen molar-refractivity contribution >= 4 is 32.4 Å². The fourth-order valence-corrected chi connectivity index (χ4v) is 3.82. The van der Waals surface area contributed by atoms with Crippen LogP contribution in [0.1, 0.15) is 19.3 Å². The number of alkyl halides is 1. The number of rotatable bonds is 7. The van der Waals surface area contributed by atoms with Crippen molar-refractivity contribution in [2.45, 2.75) is 24.2 Å². The van der Waals surface area contributed by atoms with Crippen LogP contribution in [0.25, 0.3) is 10.8 Å². The summed E-state index contributed by atoms with van der Waals surface area (Å²) in [5.41, 5.74) is 0. The van der Waals surface area contributed by atoms with Crippen LogP contribution in [0.3, 0.4) is 0 Å². The monoisotopic (exact) mass is 326 g/mol. The van der Waals surface area contributed by atoms with E-state index in [0.717, 1.165) is 24.6 Å². The minimum Gasteiger partial charge on any atom is -0.264 e. The van der Waals surface area contributed by atoms with Gasteiger partial charge in [-0.15, -0.1) is 11.6 Å². The van der Waals surface area contributed by atoms with E-state index in [0.29, 0.717) is 22.7 Å². The number of aromatic nitrogens is 1. The van der Waals surface area contributed by atoms with Gasteiger partial charge in [0.2, 0.25) is 10.0 Å². The minimum absolute atomic E-state index is 0.335. The summed E-state index contributed by atoms with van der Waals surface area (Å²) >= 11 is 5.63. The molecule has 2 rings (SSSR count). The van der Waals surface area contributed by atoms with Crippen molar-refractivity contribution < 1.29 is 8.42 Å². The lowest BCUT2D eigenvalue weighted by Crippen LogP contribution is -2.28. The Balaban J connectivity index is 2.25. The Labute approximate surface area is 130 Å². The summed E-state index contributed by atoms with van der Waals surface area (Å²) in [6, 6.07) is 7.00. The van der Waals surface area contributed by atoms with Crippen LogP contribution in [0.5, 0.6) is 0 Å². The van der Waals surface area contributed by atoms with Crippen LogP contribution < -0.4 is 0 Å². The minimum atomic E-state index is -3.48. The van der Waals surface area contributed by atoms with Crippen molar-refractivity contribution in [1.82, 2.24) is 9.29 Å². The molecule has 0 unspecified atom stereocenters. The highest BCUT2D eigenvalue weighted by Gasteiger charge is 2.22. The first-order chi connectivity index (χ1) is 10.1. The van der Waals surface area contributed by atoms with Gasteiger partial charge in [-0.25, -0.2) is 12.7 Å². The zero-order valence-electron chi connectivity index (χ0n) is 12.0. The quantitative estimate of drug-likeness (QED) is 0.579. The van der Waals surface area contributed by atoms with Gasteiger partial charge in [-0.1, -0.05) is 18.6 Å². The van der Waals surface area contributed by atoms with E-state index < -0.39 is 10.0 Å². The van der Waals surface area contributed by atoms with E-state index in [1.54, 1.807) is 37.6 Å². The Hall–Kier alpha value is -1.17. The first kappa shape index (κ1) is 16.2. The third kappa shape index (κ3) is 3.73. The molecule has 0 fully saturated rings. The van der Waals surface area contributed by atoms with Crippen LogP contribution >= 0.6 is 11.6 Å². The highest BCUT2D eigenvalue weighted by atomic mass is 35.5. The standard InChI is InChI=1S/C15H19ClN2O2S/c1-18(11-4-2-3-9-16)21(19,20)15-7-5-6-13-12-17-10-8-14(13)15/h5-8,10,12H,2-4,9,11H2,1H3. The molecule has 0 saturated carbocycles. The van der Waals surface area contributed by atoms with E-state index in [2.05, 4.69) is 4.98 Å². The molecule has 1 heterocycles. The first-order valence-electron chi connectivity index (χ1n) is 6.92. The Morgan fingerprint density at radius 3 is 2.76 bits per heavy atom. The van der Waals surface area contributed by atoms with Crippen LogP contribution in [0, 0.1) is 0 Å². The van der Waals surface area contributed by atoms with E-state index in [4.69, 9.17) is 11.6 Å². The van der Waals surface area contributed by atoms with Gasteiger partial charge in [-0.3, -0.25) is 4.98 Å². The number of hydrogen-bond acceptors (Lipinski definition) is 3. The van der Waals surface area contributed by atoms with Crippen molar-refractivity contribution in [3.63, 3.8) is 0 Å². The molecule has 0 aliphatic rings. The molecule has 1 aromatic heterocycles. The molecule has 0 bridgehead atoms. The number of benzene rings is 1. The smallest absolute Gasteiger partial charge is 0.243 e. The summed E-state index contributed by atoms with van der Waals surface area (Å²) < 4.78 is 26.8. The second kappa shape index (κ2) is 7.20. The van der Waals surface area contributed by atoms with Gasteiger partial charge >= 0.3 is 0 Å². The highest BCUT2D eigenvalue weighted by molar-refractivity contribution is 7.89. The second-order valence-electron chi connectivity index (χ2n) is 4.93. The summed E-state index contributed by atoms with van der Waals surface area (Å²) in [6.45, 7) is 0.501. The average Bonchev–Trinajstić information content (AvgIpc) is 2.50. The van der Waals surface area contributed by atoms with Crippen molar-refractivity contribution in [1.29, 1.82) is 0 Å². The van der Waals surface area contributed by atoms with Crippen LogP contribution in [-0.4, -0.2) is 37.2 Å². The topological polar surface area (TPSA) is 50.3 Å². The van der Waals surface area contributed by atoms with Gasteiger partial charge < -0.3 is 0 Å². The molecule has 0 spiro atoms. The lowest BCUT2D eigenvalue weighted by atomic mass is 10.2. The van der Waals surface area contributed by atoms with E-state index in [1.165, 1.54) is 4.31 Å². The Morgan fingerprint density at radius 1 is 1.19 bits per heavy atom. The molecule has 0 radical (unpaired) electrons. The van der Waals surface area contributed by atoms with Crippen molar-refractivity contribution in [3.05, 3.63) is 36.7 Å². The molecule has 0 aliphatic carbocycles. The number of fused-ring (bicyclic) bond motifs is 1. The zero-order valence-corrected chi connectivity index (χ0v) is 13.6. The molecule has 0 aliphatic heterocycles. The Morgan fingerprint density at radius 2 is 2.00 bits per heavy atom. The Bertz CT molecular complexity index is 698. The molecule has 114 valence electrons. The largest absolute Gasteiger partial charge is 0.264 e. The first-order valence-corrected chi connectivity index (χ1v) is 8.90. The molecular formula is C15H19ClN2O2S. The molecular weight excluding hydrogens is 308 g/mol. The van der Waals surface area contributed by atoms with Crippen LogP contribution in [0.2, 0.25) is 0 Å². The van der Waals surface area contributed by atoms with Gasteiger partial charge in [0.15, 0.2) is 0 Å². The van der Waals surface area contributed by atoms with Gasteiger partial charge in [0.1, 0.15) is 0 Å².